The number of imide groups is 1. The minimum atomic E-state index is -0.362. The second-order valence-corrected chi connectivity index (χ2v) is 7.92. The highest BCUT2D eigenvalue weighted by Crippen LogP contribution is 2.26. The third kappa shape index (κ3) is 4.66. The first-order valence-corrected chi connectivity index (χ1v) is 9.83. The SMILES string of the molecule is CN(C)CCc1ccc(NC(=O)CCN2C(=O)c3ccc(Br)cc3C2=O)cc1. The number of halogens is 1. The lowest BCUT2D eigenvalue weighted by molar-refractivity contribution is -0.116. The highest BCUT2D eigenvalue weighted by molar-refractivity contribution is 9.10. The van der Waals surface area contributed by atoms with E-state index in [0.717, 1.165) is 22.3 Å². The van der Waals surface area contributed by atoms with Crippen LogP contribution in [-0.2, 0) is 11.2 Å². The molecule has 6 nitrogen and oxygen atoms in total. The molecule has 3 amide bonds. The van der Waals surface area contributed by atoms with Gasteiger partial charge in [0.2, 0.25) is 5.91 Å². The predicted octanol–water partition coefficient (Wildman–Crippen LogP) is 3.18. The summed E-state index contributed by atoms with van der Waals surface area (Å²) in [7, 11) is 4.06. The largest absolute Gasteiger partial charge is 0.326 e. The van der Waals surface area contributed by atoms with Crippen LogP contribution in [-0.4, -0.2) is 54.7 Å². The van der Waals surface area contributed by atoms with Crippen molar-refractivity contribution in [2.24, 2.45) is 0 Å². The van der Waals surface area contributed by atoms with Gasteiger partial charge < -0.3 is 10.2 Å². The molecular formula is C21H22BrN3O3. The van der Waals surface area contributed by atoms with Gasteiger partial charge in [0.25, 0.3) is 11.8 Å². The second kappa shape index (κ2) is 8.67. The molecule has 0 bridgehead atoms. The lowest BCUT2D eigenvalue weighted by atomic mass is 10.1. The lowest BCUT2D eigenvalue weighted by Crippen LogP contribution is -2.32. The maximum absolute atomic E-state index is 12.4. The molecular weight excluding hydrogens is 422 g/mol. The summed E-state index contributed by atoms with van der Waals surface area (Å²) >= 11 is 3.30. The summed E-state index contributed by atoms with van der Waals surface area (Å²) in [4.78, 5) is 40.3. The maximum atomic E-state index is 12.4. The van der Waals surface area contributed by atoms with Crippen molar-refractivity contribution in [3.05, 3.63) is 63.6 Å². The van der Waals surface area contributed by atoms with Crippen LogP contribution in [0, 0.1) is 0 Å². The molecule has 0 saturated heterocycles. The molecule has 1 aliphatic heterocycles. The van der Waals surface area contributed by atoms with Gasteiger partial charge in [0.1, 0.15) is 0 Å². The summed E-state index contributed by atoms with van der Waals surface area (Å²) in [5.41, 5.74) is 2.64. The van der Waals surface area contributed by atoms with E-state index in [1.54, 1.807) is 18.2 Å². The topological polar surface area (TPSA) is 69.7 Å². The van der Waals surface area contributed by atoms with Gasteiger partial charge >= 0.3 is 0 Å². The summed E-state index contributed by atoms with van der Waals surface area (Å²) in [5, 5.41) is 2.81. The molecule has 0 aromatic heterocycles. The predicted molar refractivity (Wildman–Crippen MR) is 111 cm³/mol. The fraction of sp³-hybridized carbons (Fsp3) is 0.286. The van der Waals surface area contributed by atoms with E-state index >= 15 is 0 Å². The monoisotopic (exact) mass is 443 g/mol. The van der Waals surface area contributed by atoms with E-state index in [4.69, 9.17) is 0 Å². The first kappa shape index (κ1) is 20.2. The fourth-order valence-corrected chi connectivity index (χ4v) is 3.37. The average Bonchev–Trinajstić information content (AvgIpc) is 2.89. The summed E-state index contributed by atoms with van der Waals surface area (Å²) in [5.74, 6) is -0.955. The van der Waals surface area contributed by atoms with E-state index < -0.39 is 0 Å². The molecule has 0 radical (unpaired) electrons. The highest BCUT2D eigenvalue weighted by Gasteiger charge is 2.35. The number of anilines is 1. The first-order chi connectivity index (χ1) is 13.3. The normalized spacial score (nSPS) is 13.2. The van der Waals surface area contributed by atoms with Crippen LogP contribution in [0.3, 0.4) is 0 Å². The van der Waals surface area contributed by atoms with Crippen molar-refractivity contribution in [1.82, 2.24) is 9.80 Å². The number of nitrogens with zero attached hydrogens (tertiary/aromatic N) is 2. The Kier molecular flexibility index (Phi) is 6.26. The fourth-order valence-electron chi connectivity index (χ4n) is 3.01. The maximum Gasteiger partial charge on any atom is 0.261 e. The molecule has 0 fully saturated rings. The van der Waals surface area contributed by atoms with E-state index in [1.807, 2.05) is 38.4 Å². The standard InChI is InChI=1S/C21H22BrN3O3/c1-24(2)11-9-14-3-6-16(7-4-14)23-19(26)10-12-25-20(27)17-8-5-15(22)13-18(17)21(25)28/h3-8,13H,9-12H2,1-2H3,(H,23,26). The number of likely N-dealkylation sites (N-methyl/N-ethyl adjacent to an activating group) is 1. The molecule has 3 rings (SSSR count). The van der Waals surface area contributed by atoms with E-state index in [0.29, 0.717) is 16.8 Å². The summed E-state index contributed by atoms with van der Waals surface area (Å²) in [6, 6.07) is 12.7. The van der Waals surface area contributed by atoms with Crippen molar-refractivity contribution in [3.63, 3.8) is 0 Å². The zero-order valence-electron chi connectivity index (χ0n) is 15.9. The molecule has 1 N–H and O–H groups in total. The van der Waals surface area contributed by atoms with Crippen molar-refractivity contribution < 1.29 is 14.4 Å². The van der Waals surface area contributed by atoms with E-state index in [1.165, 1.54) is 5.56 Å². The van der Waals surface area contributed by atoms with Crippen LogP contribution in [0.4, 0.5) is 5.69 Å². The van der Waals surface area contributed by atoms with Crippen molar-refractivity contribution in [2.75, 3.05) is 32.5 Å². The number of rotatable bonds is 7. The Morgan fingerprint density at radius 1 is 1.04 bits per heavy atom. The quantitative estimate of drug-likeness (QED) is 0.667. The van der Waals surface area contributed by atoms with Crippen LogP contribution in [0.2, 0.25) is 0 Å². The molecule has 0 aliphatic carbocycles. The van der Waals surface area contributed by atoms with Crippen LogP contribution in [0.1, 0.15) is 32.7 Å². The van der Waals surface area contributed by atoms with E-state index in [2.05, 4.69) is 26.1 Å². The Labute approximate surface area is 172 Å². The minimum absolute atomic E-state index is 0.0506. The minimum Gasteiger partial charge on any atom is -0.326 e. The van der Waals surface area contributed by atoms with Crippen LogP contribution in [0.5, 0.6) is 0 Å². The first-order valence-electron chi connectivity index (χ1n) is 9.04. The number of benzene rings is 2. The van der Waals surface area contributed by atoms with Crippen LogP contribution < -0.4 is 5.32 Å². The average molecular weight is 444 g/mol. The summed E-state index contributed by atoms with van der Waals surface area (Å²) in [6.07, 6.45) is 0.992. The molecule has 1 aliphatic rings. The van der Waals surface area contributed by atoms with Gasteiger partial charge in [-0.2, -0.15) is 0 Å². The Balaban J connectivity index is 1.53. The van der Waals surface area contributed by atoms with Crippen molar-refractivity contribution in [2.45, 2.75) is 12.8 Å². The number of carbonyl (C=O) groups excluding carboxylic acids is 3. The highest BCUT2D eigenvalue weighted by atomic mass is 79.9. The molecule has 0 spiro atoms. The molecule has 0 unspecified atom stereocenters. The smallest absolute Gasteiger partial charge is 0.261 e. The molecule has 0 saturated carbocycles. The van der Waals surface area contributed by atoms with Gasteiger partial charge in [-0.3, -0.25) is 19.3 Å². The zero-order valence-corrected chi connectivity index (χ0v) is 17.5. The number of hydrogen-bond donors (Lipinski definition) is 1. The Bertz CT molecular complexity index is 910. The number of nitrogens with one attached hydrogen (secondary N) is 1. The molecule has 2 aromatic carbocycles. The Morgan fingerprint density at radius 3 is 2.39 bits per heavy atom. The number of hydrogen-bond acceptors (Lipinski definition) is 4. The van der Waals surface area contributed by atoms with Gasteiger partial charge in [-0.1, -0.05) is 28.1 Å². The van der Waals surface area contributed by atoms with Gasteiger partial charge in [-0.25, -0.2) is 0 Å². The van der Waals surface area contributed by atoms with Crippen molar-refractivity contribution in [1.29, 1.82) is 0 Å². The van der Waals surface area contributed by atoms with Gasteiger partial charge in [-0.05, 0) is 56.4 Å². The lowest BCUT2D eigenvalue weighted by Gasteiger charge is -2.14. The van der Waals surface area contributed by atoms with E-state index in [9.17, 15) is 14.4 Å². The molecule has 7 heteroatoms. The van der Waals surface area contributed by atoms with Crippen molar-refractivity contribution in [3.8, 4) is 0 Å². The zero-order chi connectivity index (χ0) is 20.3. The third-order valence-electron chi connectivity index (χ3n) is 4.58. The number of amides is 3. The summed E-state index contributed by atoms with van der Waals surface area (Å²) in [6.45, 7) is 1.01. The van der Waals surface area contributed by atoms with Gasteiger partial charge in [0, 0.05) is 29.7 Å². The molecule has 0 atom stereocenters. The Morgan fingerprint density at radius 2 is 1.71 bits per heavy atom. The van der Waals surface area contributed by atoms with Crippen LogP contribution in [0.15, 0.2) is 46.9 Å². The molecule has 1 heterocycles. The molecule has 28 heavy (non-hydrogen) atoms. The van der Waals surface area contributed by atoms with Crippen molar-refractivity contribution >= 4 is 39.3 Å². The van der Waals surface area contributed by atoms with Gasteiger partial charge in [0.15, 0.2) is 0 Å². The second-order valence-electron chi connectivity index (χ2n) is 7.00. The molecule has 2 aromatic rings. The van der Waals surface area contributed by atoms with E-state index in [-0.39, 0.29) is 30.7 Å². The number of carbonyl (C=O) groups is 3. The van der Waals surface area contributed by atoms with Gasteiger partial charge in [-0.15, -0.1) is 0 Å². The Hall–Kier alpha value is -2.51. The van der Waals surface area contributed by atoms with Gasteiger partial charge in [0.05, 0.1) is 11.1 Å². The third-order valence-corrected chi connectivity index (χ3v) is 5.07. The van der Waals surface area contributed by atoms with Crippen LogP contribution >= 0.6 is 15.9 Å². The number of fused-ring (bicyclic) bond motifs is 1. The van der Waals surface area contributed by atoms with Crippen LogP contribution in [0.25, 0.3) is 0 Å². The summed E-state index contributed by atoms with van der Waals surface area (Å²) < 4.78 is 0.737. The molecule has 146 valence electrons.